The molecule has 0 spiro atoms. The highest BCUT2D eigenvalue weighted by Crippen LogP contribution is 2.25. The number of rotatable bonds is 2. The molecule has 1 unspecified atom stereocenters. The summed E-state index contributed by atoms with van der Waals surface area (Å²) in [6.45, 7) is 0. The first-order valence-corrected chi connectivity index (χ1v) is 5.68. The van der Waals surface area contributed by atoms with Gasteiger partial charge in [-0.3, -0.25) is 4.79 Å². The lowest BCUT2D eigenvalue weighted by molar-refractivity contribution is -0.138. The highest BCUT2D eigenvalue weighted by atomic mass is 32.1. The Morgan fingerprint density at radius 3 is 3.00 bits per heavy atom. The number of nitrogens with two attached hydrogens (primary N) is 1. The van der Waals surface area contributed by atoms with Crippen molar-refractivity contribution in [1.29, 1.82) is 0 Å². The van der Waals surface area contributed by atoms with Gasteiger partial charge in [0, 0.05) is 10.6 Å². The number of hydrogen-bond donors (Lipinski definition) is 2. The molecule has 0 radical (unpaired) electrons. The Hall–Kier alpha value is -1.81. The van der Waals surface area contributed by atoms with Gasteiger partial charge < -0.3 is 10.8 Å². The predicted molar refractivity (Wildman–Crippen MR) is 64.8 cm³/mol. The molecule has 0 fully saturated rings. The van der Waals surface area contributed by atoms with Crippen LogP contribution in [0.1, 0.15) is 4.88 Å². The van der Waals surface area contributed by atoms with Crippen molar-refractivity contribution in [2.75, 3.05) is 0 Å². The number of hydrogen-bond acceptors (Lipinski definition) is 3. The Balaban J connectivity index is 2.36. The molecule has 1 aromatic heterocycles. The SMILES string of the molecule is NC1=CC(=Cc2cccs2)C(C(=O)O)C=C1. The molecule has 3 nitrogen and oxygen atoms in total. The van der Waals surface area contributed by atoms with E-state index in [4.69, 9.17) is 10.8 Å². The summed E-state index contributed by atoms with van der Waals surface area (Å²) in [6.07, 6.45) is 6.81. The zero-order valence-electron chi connectivity index (χ0n) is 8.46. The van der Waals surface area contributed by atoms with Crippen molar-refractivity contribution in [2.24, 2.45) is 11.7 Å². The lowest BCUT2D eigenvalue weighted by Gasteiger charge is -2.14. The second-order valence-corrected chi connectivity index (χ2v) is 4.46. The van der Waals surface area contributed by atoms with Crippen LogP contribution in [-0.4, -0.2) is 11.1 Å². The molecule has 1 aliphatic rings. The van der Waals surface area contributed by atoms with Gasteiger partial charge in [-0.05, 0) is 35.2 Å². The maximum atomic E-state index is 11.0. The van der Waals surface area contributed by atoms with Gasteiger partial charge in [0.2, 0.25) is 0 Å². The fourth-order valence-electron chi connectivity index (χ4n) is 1.54. The van der Waals surface area contributed by atoms with E-state index in [-0.39, 0.29) is 0 Å². The fourth-order valence-corrected chi connectivity index (χ4v) is 2.22. The summed E-state index contributed by atoms with van der Waals surface area (Å²) in [5, 5.41) is 11.0. The van der Waals surface area contributed by atoms with Crippen molar-refractivity contribution in [3.05, 3.63) is 51.9 Å². The van der Waals surface area contributed by atoms with Crippen LogP contribution in [0, 0.1) is 5.92 Å². The van der Waals surface area contributed by atoms with Gasteiger partial charge in [-0.2, -0.15) is 0 Å². The summed E-state index contributed by atoms with van der Waals surface area (Å²) in [6, 6.07) is 3.87. The standard InChI is InChI=1S/C12H11NO2S/c13-9-3-4-11(12(14)15)8(6-9)7-10-2-1-5-16-10/h1-7,11H,13H2,(H,14,15). The molecule has 0 aromatic carbocycles. The quantitative estimate of drug-likeness (QED) is 0.823. The number of carboxylic acids is 1. The average molecular weight is 233 g/mol. The Bertz CT molecular complexity index is 483. The van der Waals surface area contributed by atoms with Crippen molar-refractivity contribution in [1.82, 2.24) is 0 Å². The fraction of sp³-hybridized carbons (Fsp3) is 0.0833. The van der Waals surface area contributed by atoms with E-state index in [1.54, 1.807) is 29.6 Å². The maximum Gasteiger partial charge on any atom is 0.314 e. The van der Waals surface area contributed by atoms with Gasteiger partial charge in [0.15, 0.2) is 0 Å². The topological polar surface area (TPSA) is 63.3 Å². The van der Waals surface area contributed by atoms with E-state index < -0.39 is 11.9 Å². The Morgan fingerprint density at radius 2 is 2.38 bits per heavy atom. The maximum absolute atomic E-state index is 11.0. The molecule has 0 bridgehead atoms. The van der Waals surface area contributed by atoms with Crippen molar-refractivity contribution < 1.29 is 9.90 Å². The molecular formula is C12H11NO2S. The van der Waals surface area contributed by atoms with E-state index in [1.807, 2.05) is 23.6 Å². The first-order chi connectivity index (χ1) is 7.66. The van der Waals surface area contributed by atoms with E-state index in [0.717, 1.165) is 10.5 Å². The highest BCUT2D eigenvalue weighted by molar-refractivity contribution is 7.10. The van der Waals surface area contributed by atoms with Crippen LogP contribution in [0.5, 0.6) is 0 Å². The molecule has 1 aromatic rings. The molecular weight excluding hydrogens is 222 g/mol. The first kappa shape index (κ1) is 10.7. The molecule has 2 rings (SSSR count). The first-order valence-electron chi connectivity index (χ1n) is 4.80. The lowest BCUT2D eigenvalue weighted by atomic mass is 9.93. The molecule has 0 amide bonds. The van der Waals surface area contributed by atoms with Gasteiger partial charge >= 0.3 is 5.97 Å². The van der Waals surface area contributed by atoms with Crippen LogP contribution in [0.3, 0.4) is 0 Å². The molecule has 1 aliphatic carbocycles. The highest BCUT2D eigenvalue weighted by Gasteiger charge is 2.20. The molecule has 82 valence electrons. The molecule has 16 heavy (non-hydrogen) atoms. The minimum atomic E-state index is -0.859. The third-order valence-electron chi connectivity index (χ3n) is 2.29. The summed E-state index contributed by atoms with van der Waals surface area (Å²) >= 11 is 1.57. The third-order valence-corrected chi connectivity index (χ3v) is 3.11. The van der Waals surface area contributed by atoms with Gasteiger partial charge in [-0.15, -0.1) is 11.3 Å². The van der Waals surface area contributed by atoms with Crippen molar-refractivity contribution >= 4 is 23.4 Å². The van der Waals surface area contributed by atoms with E-state index >= 15 is 0 Å². The van der Waals surface area contributed by atoms with Gasteiger partial charge in [-0.1, -0.05) is 12.1 Å². The second-order valence-electron chi connectivity index (χ2n) is 3.48. The summed E-state index contributed by atoms with van der Waals surface area (Å²) in [4.78, 5) is 12.1. The Labute approximate surface area is 97.2 Å². The van der Waals surface area contributed by atoms with Crippen molar-refractivity contribution in [3.8, 4) is 0 Å². The molecule has 0 saturated heterocycles. The molecule has 0 saturated carbocycles. The molecule has 3 N–H and O–H groups in total. The molecule has 1 heterocycles. The number of carboxylic acid groups (broad SMARTS) is 1. The number of aliphatic carboxylic acids is 1. The summed E-state index contributed by atoms with van der Waals surface area (Å²) in [7, 11) is 0. The van der Waals surface area contributed by atoms with E-state index in [2.05, 4.69) is 0 Å². The summed E-state index contributed by atoms with van der Waals surface area (Å²) in [5.74, 6) is -1.46. The number of thiophene rings is 1. The van der Waals surface area contributed by atoms with Gasteiger partial charge in [0.1, 0.15) is 5.92 Å². The van der Waals surface area contributed by atoms with Crippen LogP contribution in [0.15, 0.2) is 47.0 Å². The van der Waals surface area contributed by atoms with E-state index in [1.165, 1.54) is 0 Å². The monoisotopic (exact) mass is 233 g/mol. The Morgan fingerprint density at radius 1 is 1.56 bits per heavy atom. The zero-order chi connectivity index (χ0) is 11.5. The second kappa shape index (κ2) is 4.37. The average Bonchev–Trinajstić information content (AvgIpc) is 2.70. The van der Waals surface area contributed by atoms with Gasteiger partial charge in [0.25, 0.3) is 0 Å². The van der Waals surface area contributed by atoms with Crippen LogP contribution in [0.2, 0.25) is 0 Å². The van der Waals surface area contributed by atoms with Crippen LogP contribution >= 0.6 is 11.3 Å². The van der Waals surface area contributed by atoms with Crippen LogP contribution < -0.4 is 5.73 Å². The van der Waals surface area contributed by atoms with Crippen molar-refractivity contribution in [3.63, 3.8) is 0 Å². The van der Waals surface area contributed by atoms with E-state index in [0.29, 0.717) is 5.70 Å². The normalized spacial score (nSPS) is 22.1. The van der Waals surface area contributed by atoms with Crippen LogP contribution in [0.25, 0.3) is 6.08 Å². The summed E-state index contributed by atoms with van der Waals surface area (Å²) < 4.78 is 0. The number of allylic oxidation sites excluding steroid dienone is 2. The van der Waals surface area contributed by atoms with Crippen molar-refractivity contribution in [2.45, 2.75) is 0 Å². The zero-order valence-corrected chi connectivity index (χ0v) is 9.28. The molecule has 4 heteroatoms. The molecule has 0 aliphatic heterocycles. The Kier molecular flexibility index (Phi) is 2.92. The molecule has 1 atom stereocenters. The smallest absolute Gasteiger partial charge is 0.314 e. The van der Waals surface area contributed by atoms with Crippen LogP contribution in [-0.2, 0) is 4.79 Å². The minimum Gasteiger partial charge on any atom is -0.481 e. The minimum absolute atomic E-state index is 0.584. The van der Waals surface area contributed by atoms with Gasteiger partial charge in [-0.25, -0.2) is 0 Å². The third kappa shape index (κ3) is 2.23. The summed E-state index contributed by atoms with van der Waals surface area (Å²) in [5.41, 5.74) is 6.96. The van der Waals surface area contributed by atoms with Gasteiger partial charge in [0.05, 0.1) is 0 Å². The predicted octanol–water partition coefficient (Wildman–Crippen LogP) is 2.24. The number of carbonyl (C=O) groups is 1. The van der Waals surface area contributed by atoms with E-state index in [9.17, 15) is 4.79 Å². The van der Waals surface area contributed by atoms with Crippen LogP contribution in [0.4, 0.5) is 0 Å². The lowest BCUT2D eigenvalue weighted by Crippen LogP contribution is -2.16. The largest absolute Gasteiger partial charge is 0.481 e.